The maximum absolute atomic E-state index is 12.2. The van der Waals surface area contributed by atoms with Gasteiger partial charge in [-0.2, -0.15) is 0 Å². The number of rotatable bonds is 5. The Labute approximate surface area is 132 Å². The number of hydrogen-bond donors (Lipinski definition) is 1. The first-order valence-electron chi connectivity index (χ1n) is 7.98. The molecule has 1 fully saturated rings. The molecule has 22 heavy (non-hydrogen) atoms. The minimum atomic E-state index is 0.0452. The molecule has 1 heterocycles. The van der Waals surface area contributed by atoms with Gasteiger partial charge >= 0.3 is 6.03 Å². The lowest BCUT2D eigenvalue weighted by molar-refractivity contribution is 0.200. The molecule has 1 aliphatic heterocycles. The van der Waals surface area contributed by atoms with E-state index in [4.69, 9.17) is 9.47 Å². The molecule has 0 spiro atoms. The number of amides is 2. The number of urea groups is 1. The van der Waals surface area contributed by atoms with Crippen LogP contribution in [0.4, 0.5) is 4.79 Å². The summed E-state index contributed by atoms with van der Waals surface area (Å²) in [5.74, 6) is 1.62. The normalized spacial score (nSPS) is 15.1. The summed E-state index contributed by atoms with van der Waals surface area (Å²) in [6.07, 6.45) is 5.39. The van der Waals surface area contributed by atoms with Gasteiger partial charge in [-0.05, 0) is 43.0 Å². The maximum Gasteiger partial charge on any atom is 0.317 e. The number of hydrogen-bond acceptors (Lipinski definition) is 3. The molecule has 0 atom stereocenters. The molecule has 2 rings (SSSR count). The van der Waals surface area contributed by atoms with E-state index in [1.54, 1.807) is 14.2 Å². The van der Waals surface area contributed by atoms with Crippen LogP contribution in [-0.2, 0) is 6.42 Å². The zero-order chi connectivity index (χ0) is 15.8. The summed E-state index contributed by atoms with van der Waals surface area (Å²) in [6.45, 7) is 2.33. The fourth-order valence-electron chi connectivity index (χ4n) is 2.77. The first-order valence-corrected chi connectivity index (χ1v) is 7.98. The van der Waals surface area contributed by atoms with Crippen LogP contribution in [-0.4, -0.2) is 44.8 Å². The Hall–Kier alpha value is -1.91. The van der Waals surface area contributed by atoms with Gasteiger partial charge in [0.25, 0.3) is 0 Å². The number of carbonyl (C=O) groups excluding carboxylic acids is 1. The van der Waals surface area contributed by atoms with E-state index in [0.29, 0.717) is 6.54 Å². The number of methoxy groups -OCH3 is 2. The number of benzene rings is 1. The Morgan fingerprint density at radius 1 is 1.14 bits per heavy atom. The highest BCUT2D eigenvalue weighted by Crippen LogP contribution is 2.24. The fourth-order valence-corrected chi connectivity index (χ4v) is 2.77. The molecule has 1 aromatic rings. The fraction of sp³-hybridized carbons (Fsp3) is 0.588. The molecule has 0 aromatic heterocycles. The third-order valence-electron chi connectivity index (χ3n) is 4.05. The molecule has 1 aromatic carbocycles. The molecular weight excluding hydrogens is 280 g/mol. The molecule has 122 valence electrons. The molecule has 0 unspecified atom stereocenters. The monoisotopic (exact) mass is 306 g/mol. The molecule has 5 heteroatoms. The van der Waals surface area contributed by atoms with Gasteiger partial charge in [-0.15, -0.1) is 0 Å². The van der Waals surface area contributed by atoms with Crippen molar-refractivity contribution in [1.82, 2.24) is 10.2 Å². The van der Waals surface area contributed by atoms with E-state index in [0.717, 1.165) is 49.4 Å². The first-order chi connectivity index (χ1) is 10.7. The molecular formula is C17H26N2O3. The molecule has 1 aliphatic rings. The van der Waals surface area contributed by atoms with E-state index in [1.165, 1.54) is 12.8 Å². The van der Waals surface area contributed by atoms with Crippen molar-refractivity contribution in [3.8, 4) is 11.5 Å². The molecule has 5 nitrogen and oxygen atoms in total. The molecule has 0 saturated carbocycles. The molecule has 0 bridgehead atoms. The summed E-state index contributed by atoms with van der Waals surface area (Å²) in [4.78, 5) is 14.1. The van der Waals surface area contributed by atoms with Crippen molar-refractivity contribution >= 4 is 6.03 Å². The van der Waals surface area contributed by atoms with Crippen LogP contribution in [0.1, 0.15) is 31.2 Å². The van der Waals surface area contributed by atoms with E-state index in [9.17, 15) is 4.79 Å². The van der Waals surface area contributed by atoms with Crippen molar-refractivity contribution < 1.29 is 14.3 Å². The van der Waals surface area contributed by atoms with Crippen LogP contribution in [0.5, 0.6) is 11.5 Å². The van der Waals surface area contributed by atoms with Crippen LogP contribution >= 0.6 is 0 Å². The lowest BCUT2D eigenvalue weighted by atomic mass is 10.1. The molecule has 1 saturated heterocycles. The molecule has 0 radical (unpaired) electrons. The van der Waals surface area contributed by atoms with E-state index in [1.807, 2.05) is 23.1 Å². The van der Waals surface area contributed by atoms with Gasteiger partial charge in [-0.25, -0.2) is 4.79 Å². The maximum atomic E-state index is 12.2. The van der Waals surface area contributed by atoms with Gasteiger partial charge in [0.15, 0.2) is 0 Å². The second-order valence-electron chi connectivity index (χ2n) is 5.56. The van der Waals surface area contributed by atoms with Crippen LogP contribution < -0.4 is 14.8 Å². The van der Waals surface area contributed by atoms with Crippen molar-refractivity contribution in [3.05, 3.63) is 23.8 Å². The van der Waals surface area contributed by atoms with Gasteiger partial charge in [0, 0.05) is 19.6 Å². The van der Waals surface area contributed by atoms with Crippen molar-refractivity contribution in [2.45, 2.75) is 32.1 Å². The lowest BCUT2D eigenvalue weighted by Gasteiger charge is -2.21. The van der Waals surface area contributed by atoms with Crippen molar-refractivity contribution in [2.24, 2.45) is 0 Å². The van der Waals surface area contributed by atoms with Crippen LogP contribution in [0, 0.1) is 0 Å². The first kappa shape index (κ1) is 16.5. The van der Waals surface area contributed by atoms with E-state index in [2.05, 4.69) is 5.32 Å². The van der Waals surface area contributed by atoms with Crippen LogP contribution in [0.25, 0.3) is 0 Å². The number of nitrogens with one attached hydrogen (secondary N) is 1. The standard InChI is InChI=1S/C17H26N2O3/c1-21-15-7-8-16(22-2)14(13-15)9-10-18-17(20)19-11-5-3-4-6-12-19/h7-8,13H,3-6,9-12H2,1-2H3,(H,18,20). The lowest BCUT2D eigenvalue weighted by Crippen LogP contribution is -2.41. The summed E-state index contributed by atoms with van der Waals surface area (Å²) < 4.78 is 10.6. The predicted octanol–water partition coefficient (Wildman–Crippen LogP) is 2.83. The number of likely N-dealkylation sites (tertiary alicyclic amines) is 1. The van der Waals surface area contributed by atoms with Crippen LogP contribution in [0.2, 0.25) is 0 Å². The summed E-state index contributed by atoms with van der Waals surface area (Å²) in [6, 6.07) is 5.77. The number of ether oxygens (including phenoxy) is 2. The van der Waals surface area contributed by atoms with Crippen molar-refractivity contribution in [3.63, 3.8) is 0 Å². The Morgan fingerprint density at radius 3 is 2.50 bits per heavy atom. The van der Waals surface area contributed by atoms with Gasteiger partial charge in [0.1, 0.15) is 11.5 Å². The van der Waals surface area contributed by atoms with E-state index < -0.39 is 0 Å². The zero-order valence-electron chi connectivity index (χ0n) is 13.6. The Bertz CT molecular complexity index is 483. The SMILES string of the molecule is COc1ccc(OC)c(CCNC(=O)N2CCCCCC2)c1. The highest BCUT2D eigenvalue weighted by molar-refractivity contribution is 5.74. The van der Waals surface area contributed by atoms with E-state index in [-0.39, 0.29) is 6.03 Å². The van der Waals surface area contributed by atoms with Crippen LogP contribution in [0.15, 0.2) is 18.2 Å². The van der Waals surface area contributed by atoms with Crippen molar-refractivity contribution in [2.75, 3.05) is 33.9 Å². The predicted molar refractivity (Wildman–Crippen MR) is 86.7 cm³/mol. The quantitative estimate of drug-likeness (QED) is 0.910. The van der Waals surface area contributed by atoms with E-state index >= 15 is 0 Å². The summed E-state index contributed by atoms with van der Waals surface area (Å²) >= 11 is 0. The average molecular weight is 306 g/mol. The van der Waals surface area contributed by atoms with Gasteiger partial charge in [0.05, 0.1) is 14.2 Å². The number of nitrogens with zero attached hydrogens (tertiary/aromatic N) is 1. The Morgan fingerprint density at radius 2 is 1.86 bits per heavy atom. The molecule has 0 aliphatic carbocycles. The minimum Gasteiger partial charge on any atom is -0.497 e. The summed E-state index contributed by atoms with van der Waals surface area (Å²) in [5.41, 5.74) is 1.04. The minimum absolute atomic E-state index is 0.0452. The smallest absolute Gasteiger partial charge is 0.317 e. The Kier molecular flexibility index (Phi) is 6.37. The second-order valence-corrected chi connectivity index (χ2v) is 5.56. The Balaban J connectivity index is 1.86. The van der Waals surface area contributed by atoms with Gasteiger partial charge in [-0.3, -0.25) is 0 Å². The van der Waals surface area contributed by atoms with Crippen LogP contribution in [0.3, 0.4) is 0 Å². The highest BCUT2D eigenvalue weighted by atomic mass is 16.5. The van der Waals surface area contributed by atoms with Gasteiger partial charge in [0.2, 0.25) is 0 Å². The third-order valence-corrected chi connectivity index (χ3v) is 4.05. The topological polar surface area (TPSA) is 50.8 Å². The zero-order valence-corrected chi connectivity index (χ0v) is 13.6. The summed E-state index contributed by atoms with van der Waals surface area (Å²) in [7, 11) is 3.30. The van der Waals surface area contributed by atoms with Gasteiger partial charge < -0.3 is 19.7 Å². The molecule has 2 amide bonds. The van der Waals surface area contributed by atoms with Crippen molar-refractivity contribution in [1.29, 1.82) is 0 Å². The van der Waals surface area contributed by atoms with Gasteiger partial charge in [-0.1, -0.05) is 12.8 Å². The second kappa shape index (κ2) is 8.51. The summed E-state index contributed by atoms with van der Waals surface area (Å²) in [5, 5.41) is 3.01. The third kappa shape index (κ3) is 4.55. The highest BCUT2D eigenvalue weighted by Gasteiger charge is 2.15. The number of carbonyl (C=O) groups is 1. The molecule has 1 N–H and O–H groups in total. The largest absolute Gasteiger partial charge is 0.497 e. The average Bonchev–Trinajstić information content (AvgIpc) is 2.84.